The maximum Gasteiger partial charge on any atom is 0.124 e. The van der Waals surface area contributed by atoms with Crippen LogP contribution in [0.15, 0.2) is 18.2 Å². The van der Waals surface area contributed by atoms with E-state index >= 15 is 0 Å². The van der Waals surface area contributed by atoms with E-state index in [2.05, 4.69) is 16.5 Å². The number of nitrogens with zero attached hydrogens (tertiary/aromatic N) is 2. The Bertz CT molecular complexity index is 613. The molecule has 0 amide bonds. The molecule has 0 N–H and O–H groups in total. The second-order valence-electron chi connectivity index (χ2n) is 6.17. The molecular weight excluding hydrogens is 303 g/mol. The van der Waals surface area contributed by atoms with Crippen molar-refractivity contribution in [3.8, 4) is 0 Å². The smallest absolute Gasteiger partial charge is 0.124 e. The second kappa shape index (κ2) is 6.58. The molecule has 21 heavy (non-hydrogen) atoms. The zero-order chi connectivity index (χ0) is 14.8. The van der Waals surface area contributed by atoms with Crippen LogP contribution in [0.2, 0.25) is 5.02 Å². The van der Waals surface area contributed by atoms with Crippen LogP contribution in [0, 0.1) is 11.8 Å². The number of alkyl halides is 1. The molecule has 1 fully saturated rings. The van der Waals surface area contributed by atoms with E-state index in [1.165, 1.54) is 32.1 Å². The standard InChI is InChI=1S/C17H22Cl2N2/c1-2-12-6-8-13(9-7-12)11-21-16(10-18)20-15-5-3-4-14(19)17(15)21/h3-5,12-13H,2,6-11H2,1H3. The van der Waals surface area contributed by atoms with E-state index in [1.807, 2.05) is 18.2 Å². The van der Waals surface area contributed by atoms with Gasteiger partial charge in [0.2, 0.25) is 0 Å². The highest BCUT2D eigenvalue weighted by Crippen LogP contribution is 2.33. The van der Waals surface area contributed by atoms with Gasteiger partial charge in [0.25, 0.3) is 0 Å². The first kappa shape index (κ1) is 15.2. The fourth-order valence-corrected chi connectivity index (χ4v) is 4.04. The van der Waals surface area contributed by atoms with E-state index in [1.54, 1.807) is 0 Å². The van der Waals surface area contributed by atoms with Crippen molar-refractivity contribution >= 4 is 34.2 Å². The number of fused-ring (bicyclic) bond motifs is 1. The molecule has 0 spiro atoms. The maximum absolute atomic E-state index is 6.39. The number of para-hydroxylation sites is 1. The zero-order valence-electron chi connectivity index (χ0n) is 12.5. The summed E-state index contributed by atoms with van der Waals surface area (Å²) in [7, 11) is 0. The summed E-state index contributed by atoms with van der Waals surface area (Å²) in [5.74, 6) is 3.03. The minimum Gasteiger partial charge on any atom is -0.325 e. The van der Waals surface area contributed by atoms with Crippen LogP contribution in [0.4, 0.5) is 0 Å². The van der Waals surface area contributed by atoms with Gasteiger partial charge in [0.05, 0.1) is 21.9 Å². The van der Waals surface area contributed by atoms with Gasteiger partial charge in [-0.2, -0.15) is 0 Å². The van der Waals surface area contributed by atoms with Gasteiger partial charge in [0.1, 0.15) is 5.82 Å². The van der Waals surface area contributed by atoms with Crippen LogP contribution in [-0.2, 0) is 12.4 Å². The molecule has 0 radical (unpaired) electrons. The Morgan fingerprint density at radius 3 is 2.57 bits per heavy atom. The quantitative estimate of drug-likeness (QED) is 0.665. The van der Waals surface area contributed by atoms with E-state index in [0.29, 0.717) is 5.88 Å². The van der Waals surface area contributed by atoms with E-state index in [4.69, 9.17) is 23.2 Å². The molecule has 1 heterocycles. The topological polar surface area (TPSA) is 17.8 Å². The van der Waals surface area contributed by atoms with Crippen LogP contribution < -0.4 is 0 Å². The molecule has 1 aliphatic rings. The number of rotatable bonds is 4. The van der Waals surface area contributed by atoms with Gasteiger partial charge in [-0.25, -0.2) is 4.98 Å². The Hall–Kier alpha value is -0.730. The van der Waals surface area contributed by atoms with Crippen molar-refractivity contribution in [3.63, 3.8) is 0 Å². The lowest BCUT2D eigenvalue weighted by atomic mass is 9.81. The number of hydrogen-bond acceptors (Lipinski definition) is 1. The molecule has 114 valence electrons. The molecular formula is C17H22Cl2N2. The van der Waals surface area contributed by atoms with Crippen molar-refractivity contribution in [3.05, 3.63) is 29.0 Å². The molecule has 2 aromatic rings. The molecule has 1 aromatic carbocycles. The Morgan fingerprint density at radius 2 is 1.90 bits per heavy atom. The van der Waals surface area contributed by atoms with E-state index < -0.39 is 0 Å². The Morgan fingerprint density at radius 1 is 1.19 bits per heavy atom. The van der Waals surface area contributed by atoms with Crippen LogP contribution in [0.1, 0.15) is 44.9 Å². The summed E-state index contributed by atoms with van der Waals surface area (Å²) < 4.78 is 2.25. The molecule has 0 saturated heterocycles. The summed E-state index contributed by atoms with van der Waals surface area (Å²) >= 11 is 12.5. The van der Waals surface area contributed by atoms with Crippen LogP contribution in [0.25, 0.3) is 11.0 Å². The maximum atomic E-state index is 6.39. The number of hydrogen-bond donors (Lipinski definition) is 0. The van der Waals surface area contributed by atoms with Gasteiger partial charge in [-0.3, -0.25) is 0 Å². The third kappa shape index (κ3) is 3.07. The molecule has 0 bridgehead atoms. The highest BCUT2D eigenvalue weighted by Gasteiger charge is 2.22. The normalized spacial score (nSPS) is 22.8. The number of imidazole rings is 1. The largest absolute Gasteiger partial charge is 0.325 e. The highest BCUT2D eigenvalue weighted by atomic mass is 35.5. The van der Waals surface area contributed by atoms with Crippen molar-refractivity contribution in [2.75, 3.05) is 0 Å². The lowest BCUT2D eigenvalue weighted by Gasteiger charge is -2.28. The average Bonchev–Trinajstić information content (AvgIpc) is 2.87. The summed E-state index contributed by atoms with van der Waals surface area (Å²) in [5, 5.41) is 0.776. The van der Waals surface area contributed by atoms with E-state index in [0.717, 1.165) is 40.3 Å². The molecule has 0 aliphatic heterocycles. The first-order valence-corrected chi connectivity index (χ1v) is 8.83. The Balaban J connectivity index is 1.86. The SMILES string of the molecule is CCC1CCC(Cn2c(CCl)nc3cccc(Cl)c32)CC1. The van der Waals surface area contributed by atoms with Crippen molar-refractivity contribution in [1.82, 2.24) is 9.55 Å². The zero-order valence-corrected chi connectivity index (χ0v) is 14.0. The molecule has 1 aliphatic carbocycles. The van der Waals surface area contributed by atoms with Gasteiger partial charge < -0.3 is 4.57 Å². The fourth-order valence-electron chi connectivity index (χ4n) is 3.57. The van der Waals surface area contributed by atoms with Crippen LogP contribution in [0.5, 0.6) is 0 Å². The predicted octanol–water partition coefficient (Wildman–Crippen LogP) is 5.64. The molecule has 4 heteroatoms. The summed E-state index contributed by atoms with van der Waals surface area (Å²) in [6.45, 7) is 3.30. The Kier molecular flexibility index (Phi) is 4.75. The first-order chi connectivity index (χ1) is 10.2. The third-order valence-corrected chi connectivity index (χ3v) is 5.44. The summed E-state index contributed by atoms with van der Waals surface area (Å²) in [6, 6.07) is 5.91. The third-order valence-electron chi connectivity index (χ3n) is 4.90. The lowest BCUT2D eigenvalue weighted by molar-refractivity contribution is 0.248. The van der Waals surface area contributed by atoms with Gasteiger partial charge in [-0.15, -0.1) is 11.6 Å². The minimum atomic E-state index is 0.440. The molecule has 2 nitrogen and oxygen atoms in total. The molecule has 0 unspecified atom stereocenters. The number of aromatic nitrogens is 2. The minimum absolute atomic E-state index is 0.440. The van der Waals surface area contributed by atoms with Gasteiger partial charge in [0.15, 0.2) is 0 Å². The summed E-state index contributed by atoms with van der Waals surface area (Å²) in [5.41, 5.74) is 2.01. The van der Waals surface area contributed by atoms with Gasteiger partial charge in [-0.1, -0.05) is 43.9 Å². The Labute approximate surface area is 136 Å². The lowest BCUT2D eigenvalue weighted by Crippen LogP contribution is -2.19. The number of halogens is 2. The van der Waals surface area contributed by atoms with Crippen molar-refractivity contribution < 1.29 is 0 Å². The molecule has 1 saturated carbocycles. The second-order valence-corrected chi connectivity index (χ2v) is 6.85. The van der Waals surface area contributed by atoms with E-state index in [9.17, 15) is 0 Å². The van der Waals surface area contributed by atoms with Crippen LogP contribution >= 0.6 is 23.2 Å². The van der Waals surface area contributed by atoms with Gasteiger partial charge >= 0.3 is 0 Å². The predicted molar refractivity (Wildman–Crippen MR) is 90.0 cm³/mol. The van der Waals surface area contributed by atoms with Crippen LogP contribution in [-0.4, -0.2) is 9.55 Å². The van der Waals surface area contributed by atoms with Gasteiger partial charge in [0, 0.05) is 6.54 Å². The molecule has 0 atom stereocenters. The number of benzene rings is 1. The fraction of sp³-hybridized carbons (Fsp3) is 0.588. The van der Waals surface area contributed by atoms with Crippen LogP contribution in [0.3, 0.4) is 0 Å². The molecule has 3 rings (SSSR count). The highest BCUT2D eigenvalue weighted by molar-refractivity contribution is 6.35. The monoisotopic (exact) mass is 324 g/mol. The van der Waals surface area contributed by atoms with Crippen molar-refractivity contribution in [2.45, 2.75) is 51.5 Å². The summed E-state index contributed by atoms with van der Waals surface area (Å²) in [6.07, 6.45) is 6.66. The van der Waals surface area contributed by atoms with Crippen molar-refractivity contribution in [2.24, 2.45) is 11.8 Å². The van der Waals surface area contributed by atoms with Crippen molar-refractivity contribution in [1.29, 1.82) is 0 Å². The summed E-state index contributed by atoms with van der Waals surface area (Å²) in [4.78, 5) is 4.64. The average molecular weight is 325 g/mol. The molecule has 1 aromatic heterocycles. The van der Waals surface area contributed by atoms with E-state index in [-0.39, 0.29) is 0 Å². The van der Waals surface area contributed by atoms with Gasteiger partial charge in [-0.05, 0) is 36.8 Å². The first-order valence-electron chi connectivity index (χ1n) is 7.92.